The first-order chi connectivity index (χ1) is 16.1. The minimum absolute atomic E-state index is 0.446. The maximum atomic E-state index is 14.0. The van der Waals surface area contributed by atoms with E-state index in [1.54, 1.807) is 0 Å². The van der Waals surface area contributed by atoms with Crippen LogP contribution in [0.1, 0.15) is 27.7 Å². The van der Waals surface area contributed by atoms with E-state index < -0.39 is 71.9 Å². The maximum absolute atomic E-state index is 14.0. The highest BCUT2D eigenvalue weighted by Crippen LogP contribution is 2.37. The van der Waals surface area contributed by atoms with E-state index >= 15 is 0 Å². The first-order valence-electron chi connectivity index (χ1n) is 11.4. The molecule has 4 aliphatic rings. The van der Waals surface area contributed by atoms with Crippen molar-refractivity contribution in [1.29, 1.82) is 0 Å². The summed E-state index contributed by atoms with van der Waals surface area (Å²) in [7, 11) is 0. The topological polar surface area (TPSA) is 148 Å². The van der Waals surface area contributed by atoms with E-state index in [1.807, 2.05) is 13.8 Å². The van der Waals surface area contributed by atoms with E-state index in [1.165, 1.54) is 37.4 Å². The lowest BCUT2D eigenvalue weighted by molar-refractivity contribution is -0.167. The number of hydrogen-bond acceptors (Lipinski definition) is 10. The quantitative estimate of drug-likeness (QED) is 0.288. The number of alkyl halides is 2. The Kier molecular flexibility index (Phi) is 9.82. The molecule has 0 radical (unpaired) electrons. The van der Waals surface area contributed by atoms with Gasteiger partial charge in [-0.05, 0) is 27.7 Å². The lowest BCUT2D eigenvalue weighted by Gasteiger charge is -2.38. The summed E-state index contributed by atoms with van der Waals surface area (Å²) in [6.45, 7) is 7.95. The fourth-order valence-corrected chi connectivity index (χ4v) is 6.40. The number of nitrogens with one attached hydrogen (secondary N) is 2. The maximum Gasteiger partial charge on any atom is 0.159 e. The van der Waals surface area contributed by atoms with Crippen LogP contribution in [-0.2, 0) is 9.47 Å². The number of aliphatic imine (C=N–C) groups is 2. The normalized spacial score (nSPS) is 45.5. The van der Waals surface area contributed by atoms with E-state index in [0.717, 1.165) is 0 Å². The molecule has 4 heterocycles. The van der Waals surface area contributed by atoms with Gasteiger partial charge in [0.1, 0.15) is 35.3 Å². The van der Waals surface area contributed by atoms with Crippen molar-refractivity contribution in [2.45, 2.75) is 99.6 Å². The molecule has 0 unspecified atom stereocenters. The number of thioether (sulfide) groups is 2. The molecule has 0 aromatic rings. The van der Waals surface area contributed by atoms with Gasteiger partial charge in [0.2, 0.25) is 0 Å². The molecule has 0 aliphatic carbocycles. The van der Waals surface area contributed by atoms with Gasteiger partial charge in [-0.1, -0.05) is 23.5 Å². The molecule has 10 nitrogen and oxygen atoms in total. The second-order valence-corrected chi connectivity index (χ2v) is 10.6. The van der Waals surface area contributed by atoms with Crippen molar-refractivity contribution in [3.05, 3.63) is 0 Å². The Morgan fingerprint density at radius 3 is 1.47 bits per heavy atom. The summed E-state index contributed by atoms with van der Waals surface area (Å²) in [5.74, 6) is 0. The van der Waals surface area contributed by atoms with Crippen LogP contribution in [0.2, 0.25) is 0 Å². The molecule has 12 atom stereocenters. The van der Waals surface area contributed by atoms with E-state index in [-0.39, 0.29) is 0 Å². The minimum Gasteiger partial charge on any atom is -0.391 e. The molecular formula is C20H34F2N4O6S2. The monoisotopic (exact) mass is 528 g/mol. The second kappa shape index (κ2) is 12.0. The Bertz CT molecular complexity index is 692. The van der Waals surface area contributed by atoms with Crippen LogP contribution in [0.5, 0.6) is 0 Å². The number of halogens is 2. The standard InChI is InChI=1S/2C10H17FN2O3S/c2*1-3-12-10-13-6-5(11)7(15)8(4(2)14)16-9(6)17-10/h2*4-9,14-15H,3H2,1-2H3,(H,12,13)/t4-,5+,6+,7-,8+,9+;4-,5-,6-,7+,8-,9-/m01/s1. The Hall–Kier alpha value is -0.740. The number of rotatable bonds is 4. The van der Waals surface area contributed by atoms with E-state index in [0.29, 0.717) is 23.4 Å². The van der Waals surface area contributed by atoms with Gasteiger partial charge in [-0.2, -0.15) is 0 Å². The predicted molar refractivity (Wildman–Crippen MR) is 127 cm³/mol. The predicted octanol–water partition coefficient (Wildman–Crippen LogP) is -0.256. The van der Waals surface area contributed by atoms with Crippen molar-refractivity contribution in [2.24, 2.45) is 9.98 Å². The molecule has 0 amide bonds. The fraction of sp³-hybridized carbons (Fsp3) is 0.900. The highest BCUT2D eigenvalue weighted by atomic mass is 32.2. The van der Waals surface area contributed by atoms with Gasteiger partial charge in [0.25, 0.3) is 0 Å². The number of aliphatic hydroxyl groups is 4. The molecule has 4 fully saturated rings. The highest BCUT2D eigenvalue weighted by Gasteiger charge is 2.52. The number of amidine groups is 2. The first kappa shape index (κ1) is 27.8. The molecular weight excluding hydrogens is 494 g/mol. The van der Waals surface area contributed by atoms with E-state index in [2.05, 4.69) is 20.6 Å². The average Bonchev–Trinajstić information content (AvgIpc) is 3.38. The van der Waals surface area contributed by atoms with Gasteiger partial charge >= 0.3 is 0 Å². The summed E-state index contributed by atoms with van der Waals surface area (Å²) < 4.78 is 39.0. The lowest BCUT2D eigenvalue weighted by atomic mass is 9.96. The average molecular weight is 529 g/mol. The van der Waals surface area contributed by atoms with Crippen LogP contribution in [-0.4, -0.2) is 116 Å². The molecule has 4 rings (SSSR count). The van der Waals surface area contributed by atoms with Crippen LogP contribution < -0.4 is 10.6 Å². The molecule has 0 bridgehead atoms. The van der Waals surface area contributed by atoms with Gasteiger partial charge in [-0.15, -0.1) is 0 Å². The van der Waals surface area contributed by atoms with Crippen molar-refractivity contribution < 1.29 is 38.7 Å². The summed E-state index contributed by atoms with van der Waals surface area (Å²) in [5, 5.41) is 45.4. The number of hydrogen-bond donors (Lipinski definition) is 6. The third-order valence-corrected chi connectivity index (χ3v) is 7.98. The third-order valence-electron chi connectivity index (χ3n) is 5.77. The molecule has 0 aromatic heterocycles. The van der Waals surface area contributed by atoms with Gasteiger partial charge in [-0.3, -0.25) is 9.98 Å². The second-order valence-electron chi connectivity index (χ2n) is 8.42. The van der Waals surface area contributed by atoms with Gasteiger partial charge in [0.15, 0.2) is 22.7 Å². The fourth-order valence-electron chi connectivity index (χ4n) is 4.05. The number of nitrogens with zero attached hydrogens (tertiary/aromatic N) is 2. The van der Waals surface area contributed by atoms with Crippen molar-refractivity contribution in [3.8, 4) is 0 Å². The molecule has 196 valence electrons. The van der Waals surface area contributed by atoms with Gasteiger partial charge in [-0.25, -0.2) is 8.78 Å². The molecule has 14 heteroatoms. The van der Waals surface area contributed by atoms with Crippen LogP contribution in [0.4, 0.5) is 8.78 Å². The number of ether oxygens (including phenoxy) is 2. The Balaban J connectivity index is 0.000000191. The van der Waals surface area contributed by atoms with Gasteiger partial charge in [0, 0.05) is 13.1 Å². The largest absolute Gasteiger partial charge is 0.391 e. The van der Waals surface area contributed by atoms with Crippen molar-refractivity contribution >= 4 is 33.9 Å². The Morgan fingerprint density at radius 1 is 0.824 bits per heavy atom. The lowest BCUT2D eigenvalue weighted by Crippen LogP contribution is -2.59. The molecule has 0 saturated carbocycles. The smallest absolute Gasteiger partial charge is 0.159 e. The van der Waals surface area contributed by atoms with Crippen LogP contribution in [0.15, 0.2) is 9.98 Å². The van der Waals surface area contributed by atoms with Crippen molar-refractivity contribution in [3.63, 3.8) is 0 Å². The van der Waals surface area contributed by atoms with E-state index in [4.69, 9.17) is 9.47 Å². The summed E-state index contributed by atoms with van der Waals surface area (Å²) in [5.41, 5.74) is -0.892. The summed E-state index contributed by atoms with van der Waals surface area (Å²) in [6, 6.07) is -1.20. The zero-order valence-electron chi connectivity index (χ0n) is 19.4. The summed E-state index contributed by atoms with van der Waals surface area (Å²) in [6.07, 6.45) is -9.15. The molecule has 0 aromatic carbocycles. The SMILES string of the molecule is CCN=C1N[C@@H]2[C@@H](F)[C@H](O)[C@@H]([C@@H](C)O)O[C@@H]2S1.CCN=C1N[C@@H]2[C@@H](F)[C@H](O)[C@@H]([C@H](C)O)O[C@@H]2S1. The van der Waals surface area contributed by atoms with Gasteiger partial charge < -0.3 is 40.5 Å². The molecule has 34 heavy (non-hydrogen) atoms. The molecule has 0 spiro atoms. The van der Waals surface area contributed by atoms with Crippen LogP contribution in [0.3, 0.4) is 0 Å². The van der Waals surface area contributed by atoms with E-state index in [9.17, 15) is 29.2 Å². The number of aliphatic hydroxyl groups excluding tert-OH is 4. The molecule has 4 saturated heterocycles. The zero-order valence-corrected chi connectivity index (χ0v) is 21.0. The Morgan fingerprint density at radius 2 is 1.18 bits per heavy atom. The van der Waals surface area contributed by atoms with Crippen LogP contribution in [0.25, 0.3) is 0 Å². The summed E-state index contributed by atoms with van der Waals surface area (Å²) in [4.78, 5) is 8.31. The third kappa shape index (κ3) is 5.97. The van der Waals surface area contributed by atoms with Crippen LogP contribution >= 0.6 is 23.5 Å². The molecule has 4 aliphatic heterocycles. The Labute approximate surface area is 206 Å². The van der Waals surface area contributed by atoms with Crippen molar-refractivity contribution in [1.82, 2.24) is 10.6 Å². The van der Waals surface area contributed by atoms with Crippen LogP contribution in [0, 0.1) is 0 Å². The van der Waals surface area contributed by atoms with Crippen molar-refractivity contribution in [2.75, 3.05) is 13.1 Å². The zero-order chi connectivity index (χ0) is 25.2. The minimum atomic E-state index is -1.47. The highest BCUT2D eigenvalue weighted by molar-refractivity contribution is 8.14. The van der Waals surface area contributed by atoms with Gasteiger partial charge in [0.05, 0.1) is 24.3 Å². The number of fused-ring (bicyclic) bond motifs is 2. The molecule has 6 N–H and O–H groups in total. The summed E-state index contributed by atoms with van der Waals surface area (Å²) >= 11 is 2.60. The first-order valence-corrected chi connectivity index (χ1v) is 13.1.